The van der Waals surface area contributed by atoms with Crippen LogP contribution in [0.2, 0.25) is 0 Å². The van der Waals surface area contributed by atoms with Gasteiger partial charge in [-0.15, -0.1) is 0 Å². The number of aliphatic hydroxyl groups is 1. The molecule has 4 nitrogen and oxygen atoms in total. The van der Waals surface area contributed by atoms with E-state index in [2.05, 4.69) is 32.9 Å². The molecule has 2 unspecified atom stereocenters. The number of carbonyl (C=O) groups is 1. The standard InChI is InChI=1S/C17H33NO3/c1-5-8-9-10-11-16(19)14-18(12-6-2,13-7-3)15(4)17(20)21/h8-9,15-16,19H,5-7,10-14H2,1-4H3/b9-8+. The van der Waals surface area contributed by atoms with Gasteiger partial charge < -0.3 is 19.5 Å². The van der Waals surface area contributed by atoms with Crippen molar-refractivity contribution in [3.8, 4) is 0 Å². The molecule has 0 aromatic heterocycles. The fraction of sp³-hybridized carbons (Fsp3) is 0.824. The monoisotopic (exact) mass is 299 g/mol. The minimum atomic E-state index is -1.02. The molecule has 0 radical (unpaired) electrons. The number of aliphatic hydroxyl groups excluding tert-OH is 1. The van der Waals surface area contributed by atoms with Crippen LogP contribution in [0.25, 0.3) is 0 Å². The molecular formula is C17H33NO3. The normalized spacial score (nSPS) is 15.3. The molecular weight excluding hydrogens is 266 g/mol. The number of carbonyl (C=O) groups excluding carboxylic acids is 1. The average Bonchev–Trinajstić information content (AvgIpc) is 2.43. The molecule has 0 amide bonds. The van der Waals surface area contributed by atoms with Crippen LogP contribution in [-0.2, 0) is 4.79 Å². The van der Waals surface area contributed by atoms with Gasteiger partial charge >= 0.3 is 0 Å². The summed E-state index contributed by atoms with van der Waals surface area (Å²) in [5.41, 5.74) is 0. The maximum absolute atomic E-state index is 11.4. The minimum Gasteiger partial charge on any atom is -0.544 e. The fourth-order valence-corrected chi connectivity index (χ4v) is 3.04. The lowest BCUT2D eigenvalue weighted by Gasteiger charge is -2.45. The van der Waals surface area contributed by atoms with Gasteiger partial charge in [-0.2, -0.15) is 0 Å². The second-order valence-corrected chi connectivity index (χ2v) is 5.95. The maximum Gasteiger partial charge on any atom is 0.126 e. The zero-order valence-corrected chi connectivity index (χ0v) is 14.2. The molecule has 0 heterocycles. The van der Waals surface area contributed by atoms with Crippen LogP contribution in [-0.4, -0.2) is 47.3 Å². The van der Waals surface area contributed by atoms with Crippen molar-refractivity contribution < 1.29 is 19.5 Å². The first kappa shape index (κ1) is 20.1. The number of quaternary nitrogens is 1. The molecule has 0 saturated heterocycles. The Bertz CT molecular complexity index is 309. The molecule has 2 atom stereocenters. The zero-order valence-electron chi connectivity index (χ0n) is 14.2. The summed E-state index contributed by atoms with van der Waals surface area (Å²) < 4.78 is 0.425. The van der Waals surface area contributed by atoms with Gasteiger partial charge in [-0.3, -0.25) is 0 Å². The van der Waals surface area contributed by atoms with E-state index >= 15 is 0 Å². The van der Waals surface area contributed by atoms with Crippen molar-refractivity contribution in [3.05, 3.63) is 12.2 Å². The molecule has 0 aliphatic heterocycles. The van der Waals surface area contributed by atoms with Gasteiger partial charge in [0.1, 0.15) is 18.7 Å². The van der Waals surface area contributed by atoms with Crippen LogP contribution >= 0.6 is 0 Å². The summed E-state index contributed by atoms with van der Waals surface area (Å²) in [6.07, 6.45) is 8.04. The van der Waals surface area contributed by atoms with Gasteiger partial charge in [-0.25, -0.2) is 0 Å². The van der Waals surface area contributed by atoms with Crippen LogP contribution in [0.5, 0.6) is 0 Å². The Morgan fingerprint density at radius 2 is 1.76 bits per heavy atom. The van der Waals surface area contributed by atoms with Crippen molar-refractivity contribution in [3.63, 3.8) is 0 Å². The minimum absolute atomic E-state index is 0.425. The number of allylic oxidation sites excluding steroid dienone is 2. The van der Waals surface area contributed by atoms with Gasteiger partial charge in [0.15, 0.2) is 0 Å². The molecule has 0 aliphatic carbocycles. The first-order chi connectivity index (χ1) is 9.93. The number of rotatable bonds is 12. The van der Waals surface area contributed by atoms with Crippen molar-refractivity contribution in [2.75, 3.05) is 19.6 Å². The van der Waals surface area contributed by atoms with Crippen LogP contribution < -0.4 is 5.11 Å². The highest BCUT2D eigenvalue weighted by molar-refractivity contribution is 5.69. The zero-order chi connectivity index (χ0) is 16.3. The van der Waals surface area contributed by atoms with Crippen LogP contribution in [0.4, 0.5) is 0 Å². The SMILES string of the molecule is CC/C=C/CCC(O)C[N+](CCC)(CCC)C(C)C(=O)[O-]. The van der Waals surface area contributed by atoms with Crippen molar-refractivity contribution in [2.45, 2.75) is 71.9 Å². The Balaban J connectivity index is 4.85. The number of carboxylic acid groups (broad SMARTS) is 1. The molecule has 0 rings (SSSR count). The highest BCUT2D eigenvalue weighted by Gasteiger charge is 2.35. The second kappa shape index (κ2) is 10.8. The van der Waals surface area contributed by atoms with E-state index in [4.69, 9.17) is 0 Å². The van der Waals surface area contributed by atoms with Gasteiger partial charge in [0.25, 0.3) is 0 Å². The second-order valence-electron chi connectivity index (χ2n) is 5.95. The molecule has 0 aromatic rings. The van der Waals surface area contributed by atoms with Crippen molar-refractivity contribution in [1.82, 2.24) is 0 Å². The lowest BCUT2D eigenvalue weighted by Crippen LogP contribution is -2.63. The van der Waals surface area contributed by atoms with Gasteiger partial charge in [0.2, 0.25) is 0 Å². The number of carboxylic acids is 1. The summed E-state index contributed by atoms with van der Waals surface area (Å²) in [7, 11) is 0. The van der Waals surface area contributed by atoms with E-state index in [0.29, 0.717) is 17.4 Å². The first-order valence-electron chi connectivity index (χ1n) is 8.33. The third-order valence-corrected chi connectivity index (χ3v) is 4.14. The molecule has 0 fully saturated rings. The Morgan fingerprint density at radius 1 is 1.19 bits per heavy atom. The third-order valence-electron chi connectivity index (χ3n) is 4.14. The highest BCUT2D eigenvalue weighted by Crippen LogP contribution is 2.19. The highest BCUT2D eigenvalue weighted by atomic mass is 16.4. The topological polar surface area (TPSA) is 60.4 Å². The summed E-state index contributed by atoms with van der Waals surface area (Å²) in [5, 5.41) is 21.7. The number of aliphatic carboxylic acids is 1. The van der Waals surface area contributed by atoms with Gasteiger partial charge in [-0.1, -0.05) is 32.9 Å². The number of hydrogen-bond donors (Lipinski definition) is 1. The lowest BCUT2D eigenvalue weighted by atomic mass is 10.1. The molecule has 0 aliphatic rings. The quantitative estimate of drug-likeness (QED) is 0.442. The lowest BCUT2D eigenvalue weighted by molar-refractivity contribution is -0.946. The van der Waals surface area contributed by atoms with Crippen molar-refractivity contribution in [2.24, 2.45) is 0 Å². The molecule has 0 bridgehead atoms. The summed E-state index contributed by atoms with van der Waals surface area (Å²) >= 11 is 0. The van der Waals surface area contributed by atoms with Crippen molar-refractivity contribution >= 4 is 5.97 Å². The van der Waals surface area contributed by atoms with Crippen LogP contribution in [0.3, 0.4) is 0 Å². The number of hydrogen-bond acceptors (Lipinski definition) is 3. The molecule has 21 heavy (non-hydrogen) atoms. The average molecular weight is 299 g/mol. The molecule has 4 heteroatoms. The molecule has 1 N–H and O–H groups in total. The predicted octanol–water partition coefficient (Wildman–Crippen LogP) is 1.87. The summed E-state index contributed by atoms with van der Waals surface area (Å²) in [6, 6.07) is -0.578. The van der Waals surface area contributed by atoms with Crippen molar-refractivity contribution in [1.29, 1.82) is 0 Å². The molecule has 0 saturated carbocycles. The summed E-state index contributed by atoms with van der Waals surface area (Å²) in [6.45, 7) is 9.94. The van der Waals surface area contributed by atoms with E-state index in [1.807, 2.05) is 0 Å². The molecule has 0 spiro atoms. The Labute approximate surface area is 130 Å². The molecule has 0 aromatic carbocycles. The van der Waals surface area contributed by atoms with Crippen LogP contribution in [0.1, 0.15) is 59.8 Å². The van der Waals surface area contributed by atoms with Gasteiger partial charge in [-0.05, 0) is 39.0 Å². The van der Waals surface area contributed by atoms with Gasteiger partial charge in [0.05, 0.1) is 19.1 Å². The predicted molar refractivity (Wildman–Crippen MR) is 84.6 cm³/mol. The molecule has 124 valence electrons. The van der Waals surface area contributed by atoms with E-state index in [1.165, 1.54) is 0 Å². The fourth-order valence-electron chi connectivity index (χ4n) is 3.04. The third kappa shape index (κ3) is 7.09. The smallest absolute Gasteiger partial charge is 0.126 e. The van der Waals surface area contributed by atoms with Gasteiger partial charge in [0, 0.05) is 0 Å². The Morgan fingerprint density at radius 3 is 2.19 bits per heavy atom. The number of nitrogens with zero attached hydrogens (tertiary/aromatic N) is 1. The van der Waals surface area contributed by atoms with E-state index in [1.54, 1.807) is 6.92 Å². The summed E-state index contributed by atoms with van der Waals surface area (Å²) in [4.78, 5) is 11.4. The summed E-state index contributed by atoms with van der Waals surface area (Å²) in [5.74, 6) is -1.02. The van der Waals surface area contributed by atoms with E-state index in [-0.39, 0.29) is 0 Å². The van der Waals surface area contributed by atoms with E-state index < -0.39 is 18.1 Å². The largest absolute Gasteiger partial charge is 0.544 e. The maximum atomic E-state index is 11.4. The Kier molecular flexibility index (Phi) is 10.4. The Hall–Kier alpha value is -0.870. The van der Waals surface area contributed by atoms with Crippen LogP contribution in [0.15, 0.2) is 12.2 Å². The first-order valence-corrected chi connectivity index (χ1v) is 8.33. The van der Waals surface area contributed by atoms with E-state index in [0.717, 1.165) is 38.8 Å². The van der Waals surface area contributed by atoms with Crippen LogP contribution in [0, 0.1) is 0 Å². The van der Waals surface area contributed by atoms with E-state index in [9.17, 15) is 15.0 Å².